The molecule has 5 heteroatoms. The molecule has 0 saturated heterocycles. The van der Waals surface area contributed by atoms with E-state index in [4.69, 9.17) is 9.66 Å². The highest BCUT2D eigenvalue weighted by atomic mass is 32.2. The van der Waals surface area contributed by atoms with Crippen molar-refractivity contribution >= 4 is 10.1 Å². The van der Waals surface area contributed by atoms with Gasteiger partial charge in [-0.3, -0.25) is 4.55 Å². The van der Waals surface area contributed by atoms with Crippen molar-refractivity contribution in [2.45, 2.75) is 13.3 Å². The van der Waals surface area contributed by atoms with Crippen LogP contribution in [-0.2, 0) is 10.1 Å². The predicted molar refractivity (Wildman–Crippen MR) is 32.6 cm³/mol. The van der Waals surface area contributed by atoms with Gasteiger partial charge in [-0.2, -0.15) is 8.42 Å². The van der Waals surface area contributed by atoms with Gasteiger partial charge in [0.2, 0.25) is 0 Å². The molecule has 0 unspecified atom stereocenters. The predicted octanol–water partition coefficient (Wildman–Crippen LogP) is 0.684. The maximum Gasteiger partial charge on any atom is 0.293 e. The van der Waals surface area contributed by atoms with Gasteiger partial charge in [0.1, 0.15) is 4.91 Å². The molecule has 0 aliphatic rings. The Morgan fingerprint density at radius 2 is 2.11 bits per heavy atom. The normalized spacial score (nSPS) is 13.8. The minimum absolute atomic E-state index is 0.0926. The fourth-order valence-electron chi connectivity index (χ4n) is 0.340. The van der Waals surface area contributed by atoms with Crippen molar-refractivity contribution in [2.24, 2.45) is 0 Å². The Balaban J connectivity index is 4.56. The van der Waals surface area contributed by atoms with E-state index in [1.807, 2.05) is 0 Å². The van der Waals surface area contributed by atoms with Crippen molar-refractivity contribution in [3.8, 4) is 0 Å². The van der Waals surface area contributed by atoms with E-state index in [9.17, 15) is 8.42 Å². The second kappa shape index (κ2) is 2.84. The molecule has 0 rings (SSSR count). The third kappa shape index (κ3) is 2.48. The van der Waals surface area contributed by atoms with Crippen LogP contribution in [0.15, 0.2) is 11.2 Å². The molecule has 0 atom stereocenters. The lowest BCUT2D eigenvalue weighted by molar-refractivity contribution is 0.458. The number of rotatable bonds is 2. The van der Waals surface area contributed by atoms with Gasteiger partial charge in [-0.25, -0.2) is 0 Å². The van der Waals surface area contributed by atoms with E-state index in [1.165, 1.54) is 6.92 Å². The summed E-state index contributed by atoms with van der Waals surface area (Å²) in [6.07, 6.45) is 0.477. The molecule has 9 heavy (non-hydrogen) atoms. The van der Waals surface area contributed by atoms with E-state index in [0.29, 0.717) is 6.26 Å². The van der Waals surface area contributed by atoms with Gasteiger partial charge in [0.15, 0.2) is 0 Å². The van der Waals surface area contributed by atoms with Crippen LogP contribution in [0.1, 0.15) is 13.3 Å². The summed E-state index contributed by atoms with van der Waals surface area (Å²) in [4.78, 5) is -0.373. The van der Waals surface area contributed by atoms with Gasteiger partial charge < -0.3 is 5.11 Å². The van der Waals surface area contributed by atoms with Gasteiger partial charge >= 0.3 is 0 Å². The SMILES string of the molecule is CC/C(=C\O)S(=O)(=O)O. The Morgan fingerprint density at radius 3 is 2.11 bits per heavy atom. The first kappa shape index (κ1) is 8.45. The monoisotopic (exact) mass is 152 g/mol. The Labute approximate surface area is 53.6 Å². The maximum atomic E-state index is 10.1. The molecule has 54 valence electrons. The molecular weight excluding hydrogens is 144 g/mol. The van der Waals surface area contributed by atoms with Crippen LogP contribution in [0.25, 0.3) is 0 Å². The van der Waals surface area contributed by atoms with Crippen LogP contribution in [-0.4, -0.2) is 18.1 Å². The number of aliphatic hydroxyl groups is 1. The van der Waals surface area contributed by atoms with Crippen LogP contribution in [0.4, 0.5) is 0 Å². The first-order valence-electron chi connectivity index (χ1n) is 2.33. The van der Waals surface area contributed by atoms with Gasteiger partial charge in [0.05, 0.1) is 6.26 Å². The average Bonchev–Trinajstić information content (AvgIpc) is 1.65. The zero-order valence-corrected chi connectivity index (χ0v) is 5.72. The first-order valence-corrected chi connectivity index (χ1v) is 3.77. The molecule has 0 spiro atoms. The number of allylic oxidation sites excluding steroid dienone is 1. The van der Waals surface area contributed by atoms with E-state index < -0.39 is 10.1 Å². The zero-order chi connectivity index (χ0) is 7.49. The molecule has 0 bridgehead atoms. The van der Waals surface area contributed by atoms with E-state index in [0.717, 1.165) is 0 Å². The van der Waals surface area contributed by atoms with Gasteiger partial charge in [0.25, 0.3) is 10.1 Å². The molecule has 0 radical (unpaired) electrons. The van der Waals surface area contributed by atoms with Crippen LogP contribution in [0.3, 0.4) is 0 Å². The zero-order valence-electron chi connectivity index (χ0n) is 4.90. The van der Waals surface area contributed by atoms with Gasteiger partial charge in [-0.05, 0) is 6.42 Å². The minimum Gasteiger partial charge on any atom is -0.514 e. The molecule has 0 fully saturated rings. The standard InChI is InChI=1S/C4H8O4S/c1-2-4(3-5)9(6,7)8/h3,5H,2H2,1H3,(H,6,7,8)/b4-3+. The number of hydrogen-bond donors (Lipinski definition) is 2. The number of hydrogen-bond acceptors (Lipinski definition) is 3. The summed E-state index contributed by atoms with van der Waals surface area (Å²) >= 11 is 0. The van der Waals surface area contributed by atoms with Crippen molar-refractivity contribution in [2.75, 3.05) is 0 Å². The van der Waals surface area contributed by atoms with Crippen LogP contribution < -0.4 is 0 Å². The summed E-state index contributed by atoms with van der Waals surface area (Å²) < 4.78 is 28.5. The highest BCUT2D eigenvalue weighted by Gasteiger charge is 2.09. The average molecular weight is 152 g/mol. The lowest BCUT2D eigenvalue weighted by Crippen LogP contribution is -2.00. The van der Waals surface area contributed by atoms with Gasteiger partial charge in [-0.15, -0.1) is 0 Å². The van der Waals surface area contributed by atoms with E-state index in [2.05, 4.69) is 0 Å². The second-order valence-electron chi connectivity index (χ2n) is 1.42. The Morgan fingerprint density at radius 1 is 1.67 bits per heavy atom. The molecule has 0 aromatic carbocycles. The lowest BCUT2D eigenvalue weighted by atomic mass is 10.5. The molecule has 0 aliphatic heterocycles. The summed E-state index contributed by atoms with van der Waals surface area (Å²) in [5, 5.41) is 8.16. The molecule has 0 heterocycles. The fraction of sp³-hybridized carbons (Fsp3) is 0.500. The smallest absolute Gasteiger partial charge is 0.293 e. The second-order valence-corrected chi connectivity index (χ2v) is 2.90. The summed E-state index contributed by atoms with van der Waals surface area (Å²) in [7, 11) is -4.15. The molecule has 0 amide bonds. The van der Waals surface area contributed by atoms with Crippen molar-refractivity contribution in [3.63, 3.8) is 0 Å². The third-order valence-corrected chi connectivity index (χ3v) is 1.88. The quantitative estimate of drug-likeness (QED) is 0.450. The Hall–Kier alpha value is -0.550. The van der Waals surface area contributed by atoms with Gasteiger partial charge in [0, 0.05) is 0 Å². The molecule has 2 N–H and O–H groups in total. The molecule has 0 aliphatic carbocycles. The first-order chi connectivity index (χ1) is 4.02. The largest absolute Gasteiger partial charge is 0.514 e. The van der Waals surface area contributed by atoms with Crippen molar-refractivity contribution in [1.29, 1.82) is 0 Å². The van der Waals surface area contributed by atoms with Crippen LogP contribution in [0, 0.1) is 0 Å². The fourth-order valence-corrected chi connectivity index (χ4v) is 0.838. The Bertz CT molecular complexity index is 201. The summed E-state index contributed by atoms with van der Waals surface area (Å²) in [6, 6.07) is 0. The molecule has 4 nitrogen and oxygen atoms in total. The van der Waals surface area contributed by atoms with Gasteiger partial charge in [-0.1, -0.05) is 6.92 Å². The summed E-state index contributed by atoms with van der Waals surface area (Å²) in [5.41, 5.74) is 0. The van der Waals surface area contributed by atoms with Crippen molar-refractivity contribution in [3.05, 3.63) is 11.2 Å². The van der Waals surface area contributed by atoms with Crippen LogP contribution in [0.2, 0.25) is 0 Å². The minimum atomic E-state index is -4.15. The van der Waals surface area contributed by atoms with E-state index in [-0.39, 0.29) is 11.3 Å². The third-order valence-electron chi connectivity index (χ3n) is 0.824. The molecule has 0 aromatic rings. The van der Waals surface area contributed by atoms with Crippen LogP contribution >= 0.6 is 0 Å². The highest BCUT2D eigenvalue weighted by molar-refractivity contribution is 7.89. The Kier molecular flexibility index (Phi) is 2.66. The summed E-state index contributed by atoms with van der Waals surface area (Å²) in [6.45, 7) is 1.51. The molecule has 0 aromatic heterocycles. The van der Waals surface area contributed by atoms with Crippen LogP contribution in [0.5, 0.6) is 0 Å². The molecule has 0 saturated carbocycles. The number of aliphatic hydroxyl groups excluding tert-OH is 1. The van der Waals surface area contributed by atoms with Crippen molar-refractivity contribution < 1.29 is 18.1 Å². The highest BCUT2D eigenvalue weighted by Crippen LogP contribution is 2.05. The topological polar surface area (TPSA) is 74.6 Å². The van der Waals surface area contributed by atoms with Crippen molar-refractivity contribution in [1.82, 2.24) is 0 Å². The maximum absolute atomic E-state index is 10.1. The summed E-state index contributed by atoms with van der Waals surface area (Å²) in [5.74, 6) is 0. The molecular formula is C4H8O4S. The van der Waals surface area contributed by atoms with E-state index >= 15 is 0 Å². The van der Waals surface area contributed by atoms with E-state index in [1.54, 1.807) is 0 Å². The lowest BCUT2D eigenvalue weighted by Gasteiger charge is -1.94.